The predicted octanol–water partition coefficient (Wildman–Crippen LogP) is 0.840. The van der Waals surface area contributed by atoms with Crippen molar-refractivity contribution in [2.24, 2.45) is 0 Å². The molecule has 156 valence electrons. The molecule has 2 saturated heterocycles. The molecule has 0 saturated carbocycles. The molecule has 3 rings (SSSR count). The molecule has 0 unspecified atom stereocenters. The molecule has 9 heteroatoms. The second kappa shape index (κ2) is 9.40. The van der Waals surface area contributed by atoms with Gasteiger partial charge in [-0.05, 0) is 18.9 Å². The van der Waals surface area contributed by atoms with Crippen molar-refractivity contribution in [2.75, 3.05) is 39.3 Å². The molecule has 1 atom stereocenters. The normalized spacial score (nSPS) is 19.3. The van der Waals surface area contributed by atoms with Crippen molar-refractivity contribution in [2.45, 2.75) is 25.8 Å². The van der Waals surface area contributed by atoms with Crippen LogP contribution in [0.5, 0.6) is 0 Å². The number of benzene rings is 1. The molecule has 2 fully saturated rings. The zero-order valence-corrected chi connectivity index (χ0v) is 16.5. The quantitative estimate of drug-likeness (QED) is 0.711. The number of ether oxygens (including phenoxy) is 1. The van der Waals surface area contributed by atoms with Crippen LogP contribution in [0.2, 0.25) is 0 Å². The maximum absolute atomic E-state index is 12.6. The molecule has 29 heavy (non-hydrogen) atoms. The van der Waals surface area contributed by atoms with E-state index < -0.39 is 12.1 Å². The Balaban J connectivity index is 1.48. The van der Waals surface area contributed by atoms with Crippen LogP contribution in [0.4, 0.5) is 9.59 Å². The Morgan fingerprint density at radius 2 is 1.72 bits per heavy atom. The van der Waals surface area contributed by atoms with Crippen LogP contribution in [-0.2, 0) is 20.7 Å². The minimum absolute atomic E-state index is 0.0776. The first-order valence-corrected chi connectivity index (χ1v) is 9.85. The zero-order chi connectivity index (χ0) is 20.8. The van der Waals surface area contributed by atoms with Gasteiger partial charge in [-0.2, -0.15) is 0 Å². The Labute approximate surface area is 169 Å². The molecule has 0 aliphatic carbocycles. The highest BCUT2D eigenvalue weighted by Gasteiger charge is 2.39. The van der Waals surface area contributed by atoms with Gasteiger partial charge in [0.25, 0.3) is 5.91 Å². The van der Waals surface area contributed by atoms with Crippen LogP contribution in [0.15, 0.2) is 30.3 Å². The molecular formula is C20H26N4O5. The summed E-state index contributed by atoms with van der Waals surface area (Å²) >= 11 is 0. The van der Waals surface area contributed by atoms with Crippen molar-refractivity contribution in [1.82, 2.24) is 20.0 Å². The summed E-state index contributed by atoms with van der Waals surface area (Å²) in [6.07, 6.45) is 0.106. The van der Waals surface area contributed by atoms with E-state index >= 15 is 0 Å². The number of carbonyl (C=O) groups excluding carboxylic acids is 4. The average Bonchev–Trinajstić information content (AvgIpc) is 3.00. The summed E-state index contributed by atoms with van der Waals surface area (Å²) in [6, 6.07) is 8.30. The Kier molecular flexibility index (Phi) is 6.69. The number of urea groups is 1. The van der Waals surface area contributed by atoms with Gasteiger partial charge in [-0.3, -0.25) is 14.5 Å². The van der Waals surface area contributed by atoms with Crippen LogP contribution in [0, 0.1) is 0 Å². The van der Waals surface area contributed by atoms with E-state index in [4.69, 9.17) is 4.74 Å². The highest BCUT2D eigenvalue weighted by Crippen LogP contribution is 2.14. The Morgan fingerprint density at radius 3 is 2.38 bits per heavy atom. The molecule has 2 aliphatic heterocycles. The van der Waals surface area contributed by atoms with Gasteiger partial charge in [-0.25, -0.2) is 9.59 Å². The van der Waals surface area contributed by atoms with Crippen LogP contribution in [0.3, 0.4) is 0 Å². The molecule has 1 aromatic carbocycles. The minimum Gasteiger partial charge on any atom is -0.450 e. The molecular weight excluding hydrogens is 376 g/mol. The van der Waals surface area contributed by atoms with Gasteiger partial charge in [0.2, 0.25) is 5.91 Å². The number of imide groups is 1. The summed E-state index contributed by atoms with van der Waals surface area (Å²) in [4.78, 5) is 53.4. The minimum atomic E-state index is -0.839. The third-order valence-electron chi connectivity index (χ3n) is 5.11. The van der Waals surface area contributed by atoms with E-state index in [1.54, 1.807) is 16.7 Å². The molecule has 2 heterocycles. The molecule has 0 spiro atoms. The summed E-state index contributed by atoms with van der Waals surface area (Å²) in [5.41, 5.74) is 1.03. The number of amides is 5. The second-order valence-corrected chi connectivity index (χ2v) is 7.00. The van der Waals surface area contributed by atoms with Crippen LogP contribution >= 0.6 is 0 Å². The number of piperazine rings is 1. The monoisotopic (exact) mass is 402 g/mol. The second-order valence-electron chi connectivity index (χ2n) is 7.00. The standard InChI is InChI=1S/C20H26N4O5/c1-2-29-20(28)23-12-10-22(11-13-23)17(25)14-16-18(26)24(19(27)21-16)9-8-15-6-4-3-5-7-15/h3-7,16H,2,8-14H2,1H3,(H,21,27)/t16-/m1/s1. The molecule has 5 amide bonds. The lowest BCUT2D eigenvalue weighted by atomic mass is 10.1. The average molecular weight is 402 g/mol. The number of hydrogen-bond donors (Lipinski definition) is 1. The number of nitrogens with zero attached hydrogens (tertiary/aromatic N) is 3. The van der Waals surface area contributed by atoms with E-state index in [0.717, 1.165) is 5.56 Å². The Morgan fingerprint density at radius 1 is 1.07 bits per heavy atom. The van der Waals surface area contributed by atoms with Crippen LogP contribution < -0.4 is 5.32 Å². The number of hydrogen-bond acceptors (Lipinski definition) is 5. The highest BCUT2D eigenvalue weighted by molar-refractivity contribution is 6.05. The van der Waals surface area contributed by atoms with Crippen LogP contribution in [-0.4, -0.2) is 84.0 Å². The van der Waals surface area contributed by atoms with Gasteiger partial charge < -0.3 is 19.9 Å². The Hall–Kier alpha value is -3.10. The fraction of sp³-hybridized carbons (Fsp3) is 0.500. The number of nitrogens with one attached hydrogen (secondary N) is 1. The topological polar surface area (TPSA) is 99.3 Å². The summed E-state index contributed by atoms with van der Waals surface area (Å²) < 4.78 is 4.96. The number of carbonyl (C=O) groups is 4. The van der Waals surface area contributed by atoms with Crippen molar-refractivity contribution < 1.29 is 23.9 Å². The van der Waals surface area contributed by atoms with E-state index in [0.29, 0.717) is 39.2 Å². The van der Waals surface area contributed by atoms with Crippen molar-refractivity contribution in [3.8, 4) is 0 Å². The van der Waals surface area contributed by atoms with E-state index in [1.165, 1.54) is 4.90 Å². The summed E-state index contributed by atoms with van der Waals surface area (Å²) in [6.45, 7) is 3.86. The fourth-order valence-corrected chi connectivity index (χ4v) is 3.47. The van der Waals surface area contributed by atoms with Crippen LogP contribution in [0.1, 0.15) is 18.9 Å². The van der Waals surface area contributed by atoms with Gasteiger partial charge >= 0.3 is 12.1 Å². The SMILES string of the molecule is CCOC(=O)N1CCN(C(=O)C[C@H]2NC(=O)N(CCc3ccccc3)C2=O)CC1. The maximum atomic E-state index is 12.6. The lowest BCUT2D eigenvalue weighted by Gasteiger charge is -2.34. The lowest BCUT2D eigenvalue weighted by molar-refractivity contribution is -0.136. The van der Waals surface area contributed by atoms with Gasteiger partial charge in [-0.15, -0.1) is 0 Å². The lowest BCUT2D eigenvalue weighted by Crippen LogP contribution is -2.51. The van der Waals surface area contributed by atoms with E-state index in [9.17, 15) is 19.2 Å². The fourth-order valence-electron chi connectivity index (χ4n) is 3.47. The summed E-state index contributed by atoms with van der Waals surface area (Å²) in [5, 5.41) is 2.61. The molecule has 0 radical (unpaired) electrons. The first kappa shape index (κ1) is 20.6. The molecule has 9 nitrogen and oxygen atoms in total. The predicted molar refractivity (Wildman–Crippen MR) is 104 cm³/mol. The van der Waals surface area contributed by atoms with Crippen molar-refractivity contribution in [3.63, 3.8) is 0 Å². The Bertz CT molecular complexity index is 761. The van der Waals surface area contributed by atoms with Gasteiger partial charge in [0, 0.05) is 32.7 Å². The smallest absolute Gasteiger partial charge is 0.409 e. The first-order chi connectivity index (χ1) is 14.0. The zero-order valence-electron chi connectivity index (χ0n) is 16.5. The molecule has 2 aliphatic rings. The number of rotatable bonds is 6. The molecule has 1 N–H and O–H groups in total. The molecule has 1 aromatic rings. The van der Waals surface area contributed by atoms with Crippen molar-refractivity contribution in [3.05, 3.63) is 35.9 Å². The summed E-state index contributed by atoms with van der Waals surface area (Å²) in [7, 11) is 0. The molecule has 0 bridgehead atoms. The van der Waals surface area contributed by atoms with E-state index in [-0.39, 0.29) is 30.9 Å². The van der Waals surface area contributed by atoms with Crippen molar-refractivity contribution in [1.29, 1.82) is 0 Å². The third kappa shape index (κ3) is 5.04. The van der Waals surface area contributed by atoms with Gasteiger partial charge in [0.05, 0.1) is 13.0 Å². The van der Waals surface area contributed by atoms with E-state index in [2.05, 4.69) is 5.32 Å². The van der Waals surface area contributed by atoms with E-state index in [1.807, 2.05) is 30.3 Å². The van der Waals surface area contributed by atoms with Crippen LogP contribution in [0.25, 0.3) is 0 Å². The first-order valence-electron chi connectivity index (χ1n) is 9.85. The molecule has 0 aromatic heterocycles. The van der Waals surface area contributed by atoms with Gasteiger partial charge in [-0.1, -0.05) is 30.3 Å². The van der Waals surface area contributed by atoms with Crippen molar-refractivity contribution >= 4 is 23.9 Å². The summed E-state index contributed by atoms with van der Waals surface area (Å²) in [5.74, 6) is -0.582. The van der Waals surface area contributed by atoms with Gasteiger partial charge in [0.15, 0.2) is 0 Å². The third-order valence-corrected chi connectivity index (χ3v) is 5.11. The van der Waals surface area contributed by atoms with Gasteiger partial charge in [0.1, 0.15) is 6.04 Å². The largest absolute Gasteiger partial charge is 0.450 e. The highest BCUT2D eigenvalue weighted by atomic mass is 16.6. The maximum Gasteiger partial charge on any atom is 0.409 e.